The van der Waals surface area contributed by atoms with Crippen LogP contribution in [0.2, 0.25) is 0 Å². The van der Waals surface area contributed by atoms with Gasteiger partial charge in [0.2, 0.25) is 0 Å². The van der Waals surface area contributed by atoms with Crippen LogP contribution < -0.4 is 0 Å². The second-order valence-corrected chi connectivity index (χ2v) is 11.7. The predicted octanol–water partition coefficient (Wildman–Crippen LogP) is 4.31. The van der Waals surface area contributed by atoms with Crippen molar-refractivity contribution in [1.29, 1.82) is 0 Å². The average molecular weight is 533 g/mol. The molecule has 214 valence electrons. The number of cyclic esters (lactones) is 1. The van der Waals surface area contributed by atoms with Crippen LogP contribution in [0.5, 0.6) is 0 Å². The molecule has 2 aliphatic heterocycles. The molecule has 0 amide bonds. The third-order valence-electron chi connectivity index (χ3n) is 8.59. The summed E-state index contributed by atoms with van der Waals surface area (Å²) in [5.74, 6) is -1.08. The van der Waals surface area contributed by atoms with Crippen LogP contribution in [0.3, 0.4) is 0 Å². The van der Waals surface area contributed by atoms with Gasteiger partial charge in [-0.15, -0.1) is 18.9 Å². The summed E-state index contributed by atoms with van der Waals surface area (Å²) in [6, 6.07) is 0. The van der Waals surface area contributed by atoms with Gasteiger partial charge in [0, 0.05) is 23.7 Å². The molecule has 0 bridgehead atoms. The maximum Gasteiger partial charge on any atom is 0.310 e. The molecule has 3 unspecified atom stereocenters. The van der Waals surface area contributed by atoms with Gasteiger partial charge in [-0.2, -0.15) is 0 Å². The van der Waals surface area contributed by atoms with Crippen molar-refractivity contribution in [3.05, 3.63) is 24.8 Å². The Balaban J connectivity index is 2.54. The van der Waals surface area contributed by atoms with Gasteiger partial charge in [0.15, 0.2) is 6.29 Å². The van der Waals surface area contributed by atoms with Crippen molar-refractivity contribution in [3.63, 3.8) is 0 Å². The summed E-state index contributed by atoms with van der Waals surface area (Å²) in [5, 5.41) is 22.3. The van der Waals surface area contributed by atoms with Crippen LogP contribution in [0.4, 0.5) is 0 Å². The molecule has 0 saturated carbocycles. The number of Topliss-reactive ketones (excluding diaryl/α,β-unsaturated/α-hetero) is 1. The van der Waals surface area contributed by atoms with Crippen molar-refractivity contribution in [2.45, 2.75) is 105 Å². The zero-order valence-electron chi connectivity index (χ0n) is 24.3. The molecule has 13 atom stereocenters. The Labute approximate surface area is 229 Å². The number of aliphatic hydroxyl groups is 2. The van der Waals surface area contributed by atoms with Crippen LogP contribution >= 0.6 is 0 Å². The number of hydrogen-bond donors (Lipinski definition) is 2. The first-order valence-electron chi connectivity index (χ1n) is 13.9. The molecule has 2 heterocycles. The first kappa shape index (κ1) is 32.2. The lowest BCUT2D eigenvalue weighted by molar-refractivity contribution is -0.223. The van der Waals surface area contributed by atoms with Crippen LogP contribution in [0, 0.1) is 53.8 Å². The highest BCUT2D eigenvalue weighted by molar-refractivity contribution is 5.83. The Bertz CT molecular complexity index is 902. The van der Waals surface area contributed by atoms with Crippen molar-refractivity contribution in [1.82, 2.24) is 0 Å². The molecule has 2 rings (SSSR count). The van der Waals surface area contributed by atoms with E-state index in [4.69, 9.17) is 20.6 Å². The summed E-state index contributed by atoms with van der Waals surface area (Å²) in [5.41, 5.74) is -1.82. The third-order valence-corrected chi connectivity index (χ3v) is 8.59. The minimum absolute atomic E-state index is 0.140. The van der Waals surface area contributed by atoms with E-state index in [9.17, 15) is 19.8 Å². The summed E-state index contributed by atoms with van der Waals surface area (Å²) >= 11 is 0. The summed E-state index contributed by atoms with van der Waals surface area (Å²) in [6.07, 6.45) is 8.85. The zero-order chi connectivity index (χ0) is 28.9. The fraction of sp³-hybridized carbons (Fsp3) is 0.742. The molecule has 0 radical (unpaired) electrons. The number of hydrogen-bond acceptors (Lipinski definition) is 7. The molecule has 1 fully saturated rings. The monoisotopic (exact) mass is 532 g/mol. The minimum atomic E-state index is -1.82. The molecular formula is C31H48O7. The number of rotatable bonds is 4. The first-order valence-corrected chi connectivity index (χ1v) is 13.9. The number of carbonyl (C=O) groups excluding carboxylic acids is 2. The maximum absolute atomic E-state index is 13.4. The van der Waals surface area contributed by atoms with Gasteiger partial charge in [0.25, 0.3) is 0 Å². The highest BCUT2D eigenvalue weighted by Gasteiger charge is 2.47. The normalized spacial score (nSPS) is 45.5. The number of ether oxygens (including phenoxy) is 3. The van der Waals surface area contributed by atoms with Crippen molar-refractivity contribution >= 4 is 11.8 Å². The summed E-state index contributed by atoms with van der Waals surface area (Å²) in [6.45, 7) is 18.1. The molecule has 0 aromatic heterocycles. The first-order chi connectivity index (χ1) is 17.7. The quantitative estimate of drug-likeness (QED) is 0.316. The molecule has 38 heavy (non-hydrogen) atoms. The zero-order valence-corrected chi connectivity index (χ0v) is 24.3. The van der Waals surface area contributed by atoms with E-state index in [-0.39, 0.29) is 36.1 Å². The van der Waals surface area contributed by atoms with E-state index in [0.29, 0.717) is 6.42 Å². The SMILES string of the molecule is C#CC1[C@@H](C)C(=O)O[C@H](CC)[C@@](C)(O)[C@H](O)[C@@H](C)C(=O)[C@H](C)CC(C)[C@H](O[C@@H]2O[C@H](C)C=CC2C=C)[C@H]1C. The van der Waals surface area contributed by atoms with Crippen LogP contribution in [0.1, 0.15) is 68.2 Å². The molecule has 2 N–H and O–H groups in total. The van der Waals surface area contributed by atoms with Gasteiger partial charge in [-0.25, -0.2) is 0 Å². The highest BCUT2D eigenvalue weighted by Crippen LogP contribution is 2.37. The summed E-state index contributed by atoms with van der Waals surface area (Å²) in [7, 11) is 0. The Morgan fingerprint density at radius 3 is 2.37 bits per heavy atom. The van der Waals surface area contributed by atoms with Crippen molar-refractivity contribution < 1.29 is 34.0 Å². The number of aliphatic hydroxyl groups excluding tert-OH is 1. The predicted molar refractivity (Wildman–Crippen MR) is 147 cm³/mol. The molecule has 0 aromatic carbocycles. The second-order valence-electron chi connectivity index (χ2n) is 11.7. The Morgan fingerprint density at radius 2 is 1.82 bits per heavy atom. The lowest BCUT2D eigenvalue weighted by atomic mass is 9.73. The fourth-order valence-corrected chi connectivity index (χ4v) is 6.04. The van der Waals surface area contributed by atoms with Crippen molar-refractivity contribution in [2.24, 2.45) is 41.4 Å². The number of esters is 1. The smallest absolute Gasteiger partial charge is 0.310 e. The van der Waals surface area contributed by atoms with E-state index in [0.717, 1.165) is 0 Å². The average Bonchev–Trinajstić information content (AvgIpc) is 2.88. The molecule has 2 aliphatic rings. The van der Waals surface area contributed by atoms with Crippen LogP contribution in [-0.2, 0) is 23.8 Å². The van der Waals surface area contributed by atoms with Gasteiger partial charge >= 0.3 is 5.97 Å². The lowest BCUT2D eigenvalue weighted by Crippen LogP contribution is -2.56. The van der Waals surface area contributed by atoms with Gasteiger partial charge in [-0.05, 0) is 38.5 Å². The van der Waals surface area contributed by atoms with Gasteiger partial charge in [-0.3, -0.25) is 9.59 Å². The molecule has 1 saturated heterocycles. The largest absolute Gasteiger partial charge is 0.459 e. The van der Waals surface area contributed by atoms with E-state index >= 15 is 0 Å². The van der Waals surface area contributed by atoms with E-state index < -0.39 is 59.8 Å². The maximum atomic E-state index is 13.4. The van der Waals surface area contributed by atoms with Crippen LogP contribution in [-0.4, -0.2) is 58.3 Å². The molecular weight excluding hydrogens is 484 g/mol. The van der Waals surface area contributed by atoms with Gasteiger partial charge in [0.1, 0.15) is 17.5 Å². The van der Waals surface area contributed by atoms with Crippen molar-refractivity contribution in [3.8, 4) is 12.3 Å². The number of carbonyl (C=O) groups is 2. The molecule has 0 spiro atoms. The lowest BCUT2D eigenvalue weighted by Gasteiger charge is -2.42. The highest BCUT2D eigenvalue weighted by atomic mass is 16.7. The molecule has 7 nitrogen and oxygen atoms in total. The van der Waals surface area contributed by atoms with E-state index in [1.807, 2.05) is 39.8 Å². The molecule has 0 aliphatic carbocycles. The molecule has 0 aromatic rings. The van der Waals surface area contributed by atoms with E-state index in [2.05, 4.69) is 12.5 Å². The standard InChI is InChI=1S/C31H48O7/c1-11-23-15-14-19(6)36-30(23)38-27-18(5)16-17(4)26(32)22(9)28(33)31(10,35)25(13-3)37-29(34)21(8)24(12-2)20(27)7/h2,11,14-15,17-25,27-28,30,33,35H,1,13,16H2,3-10H3/t17-,18?,19-,20+,21-,22+,23?,24?,25-,27+,28-,30+,31-/m1/s1. The van der Waals surface area contributed by atoms with Gasteiger partial charge < -0.3 is 24.4 Å². The Morgan fingerprint density at radius 1 is 1.18 bits per heavy atom. The van der Waals surface area contributed by atoms with Crippen LogP contribution in [0.25, 0.3) is 0 Å². The van der Waals surface area contributed by atoms with Crippen molar-refractivity contribution in [2.75, 3.05) is 0 Å². The van der Waals surface area contributed by atoms with Crippen LogP contribution in [0.15, 0.2) is 24.8 Å². The Kier molecular flexibility index (Phi) is 11.4. The number of ketones is 1. The van der Waals surface area contributed by atoms with E-state index in [1.54, 1.807) is 26.8 Å². The molecule has 7 heteroatoms. The topological polar surface area (TPSA) is 102 Å². The fourth-order valence-electron chi connectivity index (χ4n) is 6.04. The minimum Gasteiger partial charge on any atom is -0.459 e. The van der Waals surface area contributed by atoms with E-state index in [1.165, 1.54) is 6.92 Å². The third kappa shape index (κ3) is 6.96. The van der Waals surface area contributed by atoms with Gasteiger partial charge in [0.05, 0.1) is 24.2 Å². The summed E-state index contributed by atoms with van der Waals surface area (Å²) < 4.78 is 18.5. The second kappa shape index (κ2) is 13.4. The van der Waals surface area contributed by atoms with Gasteiger partial charge in [-0.1, -0.05) is 59.8 Å². The Hall–Kier alpha value is -1.98. The summed E-state index contributed by atoms with van der Waals surface area (Å²) in [4.78, 5) is 26.7. The number of terminal acetylenes is 1.